The normalized spacial score (nSPS) is 15.4. The monoisotopic (exact) mass is 230 g/mol. The van der Waals surface area contributed by atoms with Crippen molar-refractivity contribution in [1.82, 2.24) is 4.90 Å². The van der Waals surface area contributed by atoms with Crippen LogP contribution in [0.25, 0.3) is 0 Å². The zero-order chi connectivity index (χ0) is 12.7. The van der Waals surface area contributed by atoms with Crippen LogP contribution in [0.1, 0.15) is 6.92 Å². The van der Waals surface area contributed by atoms with Crippen LogP contribution < -0.4 is 11.5 Å². The van der Waals surface area contributed by atoms with E-state index >= 15 is 0 Å². The van der Waals surface area contributed by atoms with Gasteiger partial charge in [0.2, 0.25) is 5.91 Å². The molecule has 8 nitrogen and oxygen atoms in total. The Hall–Kier alpha value is -1.80. The van der Waals surface area contributed by atoms with Gasteiger partial charge >= 0.3 is 5.97 Å². The average molecular weight is 230 g/mol. The lowest BCUT2D eigenvalue weighted by Gasteiger charge is -2.12. The highest BCUT2D eigenvalue weighted by molar-refractivity contribution is 6.02. The number of rotatable bonds is 2. The van der Waals surface area contributed by atoms with E-state index in [2.05, 4.69) is 10.7 Å². The molecular formula is C8H14N4O4. The van der Waals surface area contributed by atoms with Gasteiger partial charge in [0.1, 0.15) is 12.9 Å². The minimum atomic E-state index is -0.968. The van der Waals surface area contributed by atoms with Crippen LogP contribution >= 0.6 is 0 Å². The highest BCUT2D eigenvalue weighted by atomic mass is 16.4. The van der Waals surface area contributed by atoms with Crippen LogP contribution in [0.5, 0.6) is 0 Å². The summed E-state index contributed by atoms with van der Waals surface area (Å²) in [5.41, 5.74) is 9.87. The number of carboxylic acids is 1. The largest absolute Gasteiger partial charge is 0.480 e. The van der Waals surface area contributed by atoms with Crippen molar-refractivity contribution < 1.29 is 19.5 Å². The molecule has 0 spiro atoms. The van der Waals surface area contributed by atoms with Gasteiger partial charge in [-0.2, -0.15) is 0 Å². The fourth-order valence-corrected chi connectivity index (χ4v) is 0.758. The summed E-state index contributed by atoms with van der Waals surface area (Å²) < 4.78 is 0. The van der Waals surface area contributed by atoms with Crippen molar-refractivity contribution in [3.05, 3.63) is 0 Å². The third kappa shape index (κ3) is 5.17. The predicted molar refractivity (Wildman–Crippen MR) is 55.6 cm³/mol. The summed E-state index contributed by atoms with van der Waals surface area (Å²) in [6.07, 6.45) is 1.22. The van der Waals surface area contributed by atoms with Crippen molar-refractivity contribution in [3.63, 3.8) is 0 Å². The quantitative estimate of drug-likeness (QED) is 0.490. The van der Waals surface area contributed by atoms with Crippen molar-refractivity contribution in [2.75, 3.05) is 13.1 Å². The molecule has 1 heterocycles. The SMILES string of the molecule is CC(N)C(=O)N1C=NC(=O)C1.NCC(=O)O. The molecule has 0 radical (unpaired) electrons. The lowest BCUT2D eigenvalue weighted by atomic mass is 10.3. The Morgan fingerprint density at radius 3 is 2.44 bits per heavy atom. The van der Waals surface area contributed by atoms with E-state index in [0.29, 0.717) is 0 Å². The number of aliphatic carboxylic acids is 1. The van der Waals surface area contributed by atoms with Crippen LogP contribution in [0, 0.1) is 0 Å². The van der Waals surface area contributed by atoms with Crippen LogP contribution in [-0.2, 0) is 14.4 Å². The molecule has 1 aliphatic heterocycles. The molecule has 1 atom stereocenters. The molecule has 0 aromatic heterocycles. The first-order valence-electron chi connectivity index (χ1n) is 4.43. The van der Waals surface area contributed by atoms with Gasteiger partial charge < -0.3 is 16.6 Å². The van der Waals surface area contributed by atoms with Crippen molar-refractivity contribution in [3.8, 4) is 0 Å². The number of nitrogens with two attached hydrogens (primary N) is 2. The fraction of sp³-hybridized carbons (Fsp3) is 0.500. The fourth-order valence-electron chi connectivity index (χ4n) is 0.758. The first-order chi connectivity index (χ1) is 7.38. The second-order valence-corrected chi connectivity index (χ2v) is 2.99. The van der Waals surface area contributed by atoms with Crippen molar-refractivity contribution in [2.24, 2.45) is 16.5 Å². The second kappa shape index (κ2) is 6.64. The van der Waals surface area contributed by atoms with Crippen LogP contribution in [0.4, 0.5) is 0 Å². The molecule has 1 aliphatic rings. The first kappa shape index (κ1) is 14.2. The van der Waals surface area contributed by atoms with Crippen LogP contribution in [0.2, 0.25) is 0 Å². The van der Waals surface area contributed by atoms with Gasteiger partial charge in [-0.05, 0) is 6.92 Å². The topological polar surface area (TPSA) is 139 Å². The van der Waals surface area contributed by atoms with Crippen LogP contribution in [-0.4, -0.2) is 53.3 Å². The van der Waals surface area contributed by atoms with Crippen molar-refractivity contribution >= 4 is 24.1 Å². The molecule has 1 rings (SSSR count). The third-order valence-corrected chi connectivity index (χ3v) is 1.49. The zero-order valence-electron chi connectivity index (χ0n) is 8.79. The molecule has 5 N–H and O–H groups in total. The van der Waals surface area contributed by atoms with Gasteiger partial charge in [-0.1, -0.05) is 0 Å². The molecule has 0 saturated carbocycles. The van der Waals surface area contributed by atoms with Crippen LogP contribution in [0.3, 0.4) is 0 Å². The average Bonchev–Trinajstić information content (AvgIpc) is 2.64. The number of carbonyl (C=O) groups is 3. The van der Waals surface area contributed by atoms with Crippen molar-refractivity contribution in [2.45, 2.75) is 13.0 Å². The standard InChI is InChI=1S/C6H9N3O2.C2H5NO2/c1-4(7)6(11)9-2-5(10)8-3-9;3-1-2(4)5/h3-4H,2,7H2,1H3;1,3H2,(H,4,5). The van der Waals surface area contributed by atoms with E-state index in [4.69, 9.17) is 10.8 Å². The van der Waals surface area contributed by atoms with E-state index in [9.17, 15) is 14.4 Å². The Balaban J connectivity index is 0.000000385. The Kier molecular flexibility index (Phi) is 5.89. The molecular weight excluding hydrogens is 216 g/mol. The van der Waals surface area contributed by atoms with Gasteiger partial charge in [-0.15, -0.1) is 0 Å². The number of hydrogen-bond donors (Lipinski definition) is 3. The summed E-state index contributed by atoms with van der Waals surface area (Å²) >= 11 is 0. The van der Waals surface area contributed by atoms with Crippen molar-refractivity contribution in [1.29, 1.82) is 0 Å². The molecule has 90 valence electrons. The zero-order valence-corrected chi connectivity index (χ0v) is 8.79. The number of carbonyl (C=O) groups excluding carboxylic acids is 2. The molecule has 0 aromatic rings. The van der Waals surface area contributed by atoms with Gasteiger partial charge in [0, 0.05) is 0 Å². The molecule has 0 bridgehead atoms. The lowest BCUT2D eigenvalue weighted by molar-refractivity contribution is -0.135. The first-order valence-corrected chi connectivity index (χ1v) is 4.43. The van der Waals surface area contributed by atoms with Crippen LogP contribution in [0.15, 0.2) is 4.99 Å². The maximum absolute atomic E-state index is 11.0. The molecule has 1 unspecified atom stereocenters. The molecule has 16 heavy (non-hydrogen) atoms. The van der Waals surface area contributed by atoms with Gasteiger partial charge in [0.25, 0.3) is 5.91 Å². The molecule has 0 aliphatic carbocycles. The number of amides is 2. The minimum Gasteiger partial charge on any atom is -0.480 e. The number of aliphatic imine (C=N–C) groups is 1. The van der Waals surface area contributed by atoms with E-state index in [1.807, 2.05) is 0 Å². The highest BCUT2D eigenvalue weighted by Crippen LogP contribution is 1.97. The van der Waals surface area contributed by atoms with E-state index < -0.39 is 12.0 Å². The van der Waals surface area contributed by atoms with Gasteiger partial charge in [-0.3, -0.25) is 19.3 Å². The second-order valence-electron chi connectivity index (χ2n) is 2.99. The number of carboxylic acid groups (broad SMARTS) is 1. The predicted octanol–water partition coefficient (Wildman–Crippen LogP) is -2.24. The van der Waals surface area contributed by atoms with E-state index in [0.717, 1.165) is 0 Å². The maximum atomic E-state index is 11.0. The van der Waals surface area contributed by atoms with Gasteiger partial charge in [-0.25, -0.2) is 4.99 Å². The Bertz CT molecular complexity index is 313. The van der Waals surface area contributed by atoms with Gasteiger partial charge in [0.15, 0.2) is 0 Å². The highest BCUT2D eigenvalue weighted by Gasteiger charge is 2.22. The maximum Gasteiger partial charge on any atom is 0.317 e. The Labute approximate surface area is 91.9 Å². The Morgan fingerprint density at radius 1 is 1.69 bits per heavy atom. The molecule has 2 amide bonds. The lowest BCUT2D eigenvalue weighted by Crippen LogP contribution is -2.40. The summed E-state index contributed by atoms with van der Waals surface area (Å²) in [7, 11) is 0. The molecule has 0 saturated heterocycles. The van der Waals surface area contributed by atoms with E-state index in [-0.39, 0.29) is 24.9 Å². The number of hydrogen-bond acceptors (Lipinski definition) is 5. The minimum absolute atomic E-state index is 0.0281. The molecule has 0 fully saturated rings. The molecule has 0 aromatic carbocycles. The smallest absolute Gasteiger partial charge is 0.317 e. The summed E-state index contributed by atoms with van der Waals surface area (Å²) in [6.45, 7) is 1.32. The summed E-state index contributed by atoms with van der Waals surface area (Å²) in [6, 6.07) is -0.577. The Morgan fingerprint density at radius 2 is 2.19 bits per heavy atom. The van der Waals surface area contributed by atoms with E-state index in [1.54, 1.807) is 6.92 Å². The molecule has 8 heteroatoms. The van der Waals surface area contributed by atoms with E-state index in [1.165, 1.54) is 11.2 Å². The summed E-state index contributed by atoms with van der Waals surface area (Å²) in [5, 5.41) is 7.60. The summed E-state index contributed by atoms with van der Waals surface area (Å²) in [4.78, 5) is 35.5. The number of nitrogens with zero attached hydrogens (tertiary/aromatic N) is 2. The summed E-state index contributed by atoms with van der Waals surface area (Å²) in [5.74, 6) is -1.55. The third-order valence-electron chi connectivity index (χ3n) is 1.49. The van der Waals surface area contributed by atoms with Gasteiger partial charge in [0.05, 0.1) is 12.6 Å².